The summed E-state index contributed by atoms with van der Waals surface area (Å²) in [5, 5.41) is 6.94. The Morgan fingerprint density at radius 1 is 1.31 bits per heavy atom. The average Bonchev–Trinajstić information content (AvgIpc) is 3.09. The number of hydrogen-bond donors (Lipinski definition) is 2. The van der Waals surface area contributed by atoms with Crippen molar-refractivity contribution in [2.75, 3.05) is 13.2 Å². The number of nitrogens with two attached hydrogens (primary N) is 1. The van der Waals surface area contributed by atoms with E-state index in [0.29, 0.717) is 43.6 Å². The molecular formula is C19H28N4O3. The fourth-order valence-electron chi connectivity index (χ4n) is 2.64. The first-order valence-corrected chi connectivity index (χ1v) is 9.07. The van der Waals surface area contributed by atoms with Crippen molar-refractivity contribution in [3.05, 3.63) is 30.2 Å². The largest absolute Gasteiger partial charge is 0.494 e. The number of aryl methyl sites for hydroxylation is 1. The van der Waals surface area contributed by atoms with E-state index in [1.807, 2.05) is 31.2 Å². The minimum absolute atomic E-state index is 0.00426. The van der Waals surface area contributed by atoms with Crippen LogP contribution < -0.4 is 15.8 Å². The molecule has 7 nitrogen and oxygen atoms in total. The quantitative estimate of drug-likeness (QED) is 0.675. The number of amides is 1. The topological polar surface area (TPSA) is 103 Å². The van der Waals surface area contributed by atoms with E-state index >= 15 is 0 Å². The van der Waals surface area contributed by atoms with Crippen LogP contribution in [0.4, 0.5) is 0 Å². The number of nitrogens with zero attached hydrogens (tertiary/aromatic N) is 2. The Kier molecular flexibility index (Phi) is 7.59. The van der Waals surface area contributed by atoms with Crippen LogP contribution >= 0.6 is 0 Å². The molecule has 0 radical (unpaired) electrons. The Labute approximate surface area is 154 Å². The summed E-state index contributed by atoms with van der Waals surface area (Å²) >= 11 is 0. The molecule has 0 aliphatic carbocycles. The molecule has 7 heteroatoms. The van der Waals surface area contributed by atoms with Gasteiger partial charge in [-0.3, -0.25) is 4.79 Å². The molecule has 1 atom stereocenters. The molecule has 1 heterocycles. The molecule has 0 spiro atoms. The van der Waals surface area contributed by atoms with Gasteiger partial charge in [-0.25, -0.2) is 0 Å². The van der Waals surface area contributed by atoms with Gasteiger partial charge in [-0.15, -0.1) is 0 Å². The van der Waals surface area contributed by atoms with E-state index in [9.17, 15) is 4.79 Å². The van der Waals surface area contributed by atoms with Gasteiger partial charge in [0.1, 0.15) is 5.75 Å². The van der Waals surface area contributed by atoms with Gasteiger partial charge >= 0.3 is 0 Å². The molecule has 2 aromatic rings. The molecule has 1 amide bonds. The average molecular weight is 360 g/mol. The highest BCUT2D eigenvalue weighted by Crippen LogP contribution is 2.20. The Morgan fingerprint density at radius 2 is 2.04 bits per heavy atom. The number of rotatable bonds is 10. The second-order valence-corrected chi connectivity index (χ2v) is 6.60. The Bertz CT molecular complexity index is 682. The van der Waals surface area contributed by atoms with Crippen LogP contribution in [-0.4, -0.2) is 35.2 Å². The van der Waals surface area contributed by atoms with Gasteiger partial charge in [0.15, 0.2) is 0 Å². The van der Waals surface area contributed by atoms with Crippen molar-refractivity contribution in [2.45, 2.75) is 46.1 Å². The van der Waals surface area contributed by atoms with Gasteiger partial charge in [0.2, 0.25) is 17.6 Å². The summed E-state index contributed by atoms with van der Waals surface area (Å²) in [5.74, 6) is 2.17. The van der Waals surface area contributed by atoms with Crippen molar-refractivity contribution in [3.8, 4) is 17.1 Å². The predicted octanol–water partition coefficient (Wildman–Crippen LogP) is 2.56. The first-order valence-electron chi connectivity index (χ1n) is 9.07. The lowest BCUT2D eigenvalue weighted by Gasteiger charge is -2.18. The zero-order valence-electron chi connectivity index (χ0n) is 15.7. The van der Waals surface area contributed by atoms with Crippen LogP contribution in [0.1, 0.15) is 39.5 Å². The van der Waals surface area contributed by atoms with E-state index < -0.39 is 0 Å². The molecule has 0 aliphatic heterocycles. The van der Waals surface area contributed by atoms with Gasteiger partial charge in [0.25, 0.3) is 0 Å². The lowest BCUT2D eigenvalue weighted by atomic mass is 10.0. The van der Waals surface area contributed by atoms with E-state index in [-0.39, 0.29) is 11.9 Å². The third-order valence-electron chi connectivity index (χ3n) is 3.86. The summed E-state index contributed by atoms with van der Waals surface area (Å²) in [4.78, 5) is 16.4. The molecule has 0 saturated heterocycles. The standard InChI is InChI=1S/C19H28N4O3/c1-4-25-16-7-5-14(6-8-16)19-22-18(26-23-19)10-9-17(24)21-15(12-20)11-13(2)3/h5-8,13,15H,4,9-12,20H2,1-3H3,(H,21,24). The highest BCUT2D eigenvalue weighted by molar-refractivity contribution is 5.76. The van der Waals surface area contributed by atoms with Crippen LogP contribution in [-0.2, 0) is 11.2 Å². The zero-order valence-corrected chi connectivity index (χ0v) is 15.7. The second-order valence-electron chi connectivity index (χ2n) is 6.60. The fourth-order valence-corrected chi connectivity index (χ4v) is 2.64. The summed E-state index contributed by atoms with van der Waals surface area (Å²) in [5.41, 5.74) is 6.55. The zero-order chi connectivity index (χ0) is 18.9. The van der Waals surface area contributed by atoms with Crippen molar-refractivity contribution in [1.82, 2.24) is 15.5 Å². The van der Waals surface area contributed by atoms with Crippen LogP contribution in [0.3, 0.4) is 0 Å². The maximum Gasteiger partial charge on any atom is 0.227 e. The van der Waals surface area contributed by atoms with Crippen molar-refractivity contribution in [2.24, 2.45) is 11.7 Å². The van der Waals surface area contributed by atoms with Crippen LogP contribution in [0.2, 0.25) is 0 Å². The summed E-state index contributed by atoms with van der Waals surface area (Å²) in [6.45, 7) is 7.21. The maximum absolute atomic E-state index is 12.1. The Balaban J connectivity index is 1.86. The number of hydrogen-bond acceptors (Lipinski definition) is 6. The predicted molar refractivity (Wildman–Crippen MR) is 99.7 cm³/mol. The normalized spacial score (nSPS) is 12.2. The van der Waals surface area contributed by atoms with Crippen molar-refractivity contribution in [1.29, 1.82) is 0 Å². The summed E-state index contributed by atoms with van der Waals surface area (Å²) < 4.78 is 10.7. The van der Waals surface area contributed by atoms with E-state index in [1.165, 1.54) is 0 Å². The third kappa shape index (κ3) is 6.15. The smallest absolute Gasteiger partial charge is 0.227 e. The molecule has 0 saturated carbocycles. The molecule has 142 valence electrons. The number of aromatic nitrogens is 2. The number of carbonyl (C=O) groups excluding carboxylic acids is 1. The molecule has 1 aromatic heterocycles. The van der Waals surface area contributed by atoms with Gasteiger partial charge in [0.05, 0.1) is 6.61 Å². The van der Waals surface area contributed by atoms with Crippen LogP contribution in [0.5, 0.6) is 5.75 Å². The van der Waals surface area contributed by atoms with Gasteiger partial charge in [0, 0.05) is 31.0 Å². The Morgan fingerprint density at radius 3 is 2.65 bits per heavy atom. The van der Waals surface area contributed by atoms with Crippen molar-refractivity contribution >= 4 is 5.91 Å². The minimum Gasteiger partial charge on any atom is -0.494 e. The number of benzene rings is 1. The van der Waals surface area contributed by atoms with Gasteiger partial charge in [-0.2, -0.15) is 4.98 Å². The minimum atomic E-state index is -0.0538. The lowest BCUT2D eigenvalue weighted by Crippen LogP contribution is -2.41. The van der Waals surface area contributed by atoms with E-state index in [0.717, 1.165) is 17.7 Å². The summed E-state index contributed by atoms with van der Waals surface area (Å²) in [6.07, 6.45) is 1.55. The summed E-state index contributed by atoms with van der Waals surface area (Å²) in [6, 6.07) is 7.49. The van der Waals surface area contributed by atoms with Gasteiger partial charge in [-0.1, -0.05) is 19.0 Å². The molecule has 3 N–H and O–H groups in total. The Hall–Kier alpha value is -2.41. The molecule has 0 aliphatic rings. The molecule has 1 aromatic carbocycles. The third-order valence-corrected chi connectivity index (χ3v) is 3.86. The van der Waals surface area contributed by atoms with E-state index in [4.69, 9.17) is 15.0 Å². The van der Waals surface area contributed by atoms with Crippen LogP contribution in [0.15, 0.2) is 28.8 Å². The monoisotopic (exact) mass is 360 g/mol. The highest BCUT2D eigenvalue weighted by Gasteiger charge is 2.14. The fraction of sp³-hybridized carbons (Fsp3) is 0.526. The van der Waals surface area contributed by atoms with E-state index in [1.54, 1.807) is 0 Å². The first-order chi connectivity index (χ1) is 12.5. The second kappa shape index (κ2) is 9.91. The maximum atomic E-state index is 12.1. The van der Waals surface area contributed by atoms with Crippen LogP contribution in [0.25, 0.3) is 11.4 Å². The van der Waals surface area contributed by atoms with Crippen LogP contribution in [0, 0.1) is 5.92 Å². The van der Waals surface area contributed by atoms with Crippen molar-refractivity contribution < 1.29 is 14.1 Å². The van der Waals surface area contributed by atoms with Gasteiger partial charge < -0.3 is 20.3 Å². The summed E-state index contributed by atoms with van der Waals surface area (Å²) in [7, 11) is 0. The highest BCUT2D eigenvalue weighted by atomic mass is 16.5. The molecule has 2 rings (SSSR count). The molecule has 0 fully saturated rings. The first kappa shape index (κ1) is 19.9. The molecular weight excluding hydrogens is 332 g/mol. The molecule has 1 unspecified atom stereocenters. The SMILES string of the molecule is CCOc1ccc(-c2noc(CCC(=O)NC(CN)CC(C)C)n2)cc1. The van der Waals surface area contributed by atoms with E-state index in [2.05, 4.69) is 29.3 Å². The van der Waals surface area contributed by atoms with Gasteiger partial charge in [-0.05, 0) is 43.5 Å². The number of carbonyl (C=O) groups is 1. The molecule has 0 bridgehead atoms. The van der Waals surface area contributed by atoms with Crippen molar-refractivity contribution in [3.63, 3.8) is 0 Å². The molecule has 26 heavy (non-hydrogen) atoms. The number of ether oxygens (including phenoxy) is 1. The number of nitrogens with one attached hydrogen (secondary N) is 1. The lowest BCUT2D eigenvalue weighted by molar-refractivity contribution is -0.121.